The van der Waals surface area contributed by atoms with Crippen LogP contribution in [0, 0.1) is 0 Å². The predicted octanol–water partition coefficient (Wildman–Crippen LogP) is 1.11. The van der Waals surface area contributed by atoms with Crippen LogP contribution in [0.4, 0.5) is 5.69 Å². The Kier molecular flexibility index (Phi) is 4.90. The van der Waals surface area contributed by atoms with Crippen molar-refractivity contribution in [2.45, 2.75) is 25.9 Å². The van der Waals surface area contributed by atoms with Gasteiger partial charge in [0.2, 0.25) is 5.91 Å². The number of aromatic carboxylic acids is 1. The maximum atomic E-state index is 12.0. The van der Waals surface area contributed by atoms with Gasteiger partial charge in [-0.05, 0) is 37.3 Å². The van der Waals surface area contributed by atoms with Crippen LogP contribution >= 0.6 is 0 Å². The lowest BCUT2D eigenvalue weighted by molar-refractivity contribution is -0.117. The summed E-state index contributed by atoms with van der Waals surface area (Å²) in [5.41, 5.74) is 7.29. The molecule has 2 rings (SSSR count). The minimum atomic E-state index is -1.01. The fourth-order valence-electron chi connectivity index (χ4n) is 1.94. The number of nitrogens with one attached hydrogen (secondary N) is 1. The molecule has 1 unspecified atom stereocenters. The number of aryl methyl sites for hydroxylation is 1. The second-order valence-corrected chi connectivity index (χ2v) is 4.85. The van der Waals surface area contributed by atoms with Gasteiger partial charge in [0.15, 0.2) is 0 Å². The molecule has 0 aliphatic heterocycles. The molecule has 116 valence electrons. The van der Waals surface area contributed by atoms with Crippen molar-refractivity contribution in [2.24, 2.45) is 5.73 Å². The Labute approximate surface area is 127 Å². The quantitative estimate of drug-likeness (QED) is 0.740. The van der Waals surface area contributed by atoms with Crippen LogP contribution in [0.15, 0.2) is 36.5 Å². The van der Waals surface area contributed by atoms with E-state index in [1.807, 2.05) is 19.2 Å². The van der Waals surface area contributed by atoms with Crippen LogP contribution in [0.2, 0.25) is 0 Å². The third-order valence-electron chi connectivity index (χ3n) is 3.19. The highest BCUT2D eigenvalue weighted by Gasteiger charge is 2.16. The number of carbonyl (C=O) groups is 2. The van der Waals surface area contributed by atoms with E-state index in [0.717, 1.165) is 12.2 Å². The minimum absolute atomic E-state index is 0.160. The zero-order chi connectivity index (χ0) is 16.1. The molecule has 7 heteroatoms. The number of hydrogen-bond acceptors (Lipinski definition) is 4. The van der Waals surface area contributed by atoms with Crippen molar-refractivity contribution >= 4 is 17.6 Å². The summed E-state index contributed by atoms with van der Waals surface area (Å²) >= 11 is 0. The van der Waals surface area contributed by atoms with Gasteiger partial charge in [-0.3, -0.25) is 9.48 Å². The molecule has 1 aromatic carbocycles. The molecule has 7 nitrogen and oxygen atoms in total. The molecule has 0 fully saturated rings. The Bertz CT molecular complexity index is 664. The first-order valence-corrected chi connectivity index (χ1v) is 6.91. The lowest BCUT2D eigenvalue weighted by Gasteiger charge is -2.11. The summed E-state index contributed by atoms with van der Waals surface area (Å²) in [4.78, 5) is 22.8. The summed E-state index contributed by atoms with van der Waals surface area (Å²) in [6, 6.07) is 7.01. The summed E-state index contributed by atoms with van der Waals surface area (Å²) in [5, 5.41) is 15.8. The van der Waals surface area contributed by atoms with E-state index in [4.69, 9.17) is 10.8 Å². The molecule has 0 aliphatic carbocycles. The number of carboxylic acid groups (broad SMARTS) is 1. The summed E-state index contributed by atoms with van der Waals surface area (Å²) in [6.07, 6.45) is 2.18. The second kappa shape index (κ2) is 6.86. The molecule has 4 N–H and O–H groups in total. The predicted molar refractivity (Wildman–Crippen MR) is 81.6 cm³/mol. The van der Waals surface area contributed by atoms with Crippen LogP contribution in [0.25, 0.3) is 0 Å². The molecule has 0 bridgehead atoms. The van der Waals surface area contributed by atoms with Gasteiger partial charge in [0.1, 0.15) is 0 Å². The topological polar surface area (TPSA) is 110 Å². The standard InChI is InChI=1S/C15H18N4O3/c1-2-19-8-7-12(18-19)9-13(16)14(20)17-11-5-3-10(4-6-11)15(21)22/h3-8,13H,2,9,16H2,1H3,(H,17,20)(H,21,22). The van der Waals surface area contributed by atoms with Gasteiger partial charge in [0.05, 0.1) is 17.3 Å². The lowest BCUT2D eigenvalue weighted by atomic mass is 10.1. The first-order chi connectivity index (χ1) is 10.5. The van der Waals surface area contributed by atoms with Crippen LogP contribution in [-0.2, 0) is 17.8 Å². The van der Waals surface area contributed by atoms with Gasteiger partial charge in [-0.2, -0.15) is 5.10 Å². The Hall–Kier alpha value is -2.67. The van der Waals surface area contributed by atoms with E-state index in [9.17, 15) is 9.59 Å². The average Bonchev–Trinajstić information content (AvgIpc) is 2.95. The van der Waals surface area contributed by atoms with Crippen LogP contribution in [0.5, 0.6) is 0 Å². The van der Waals surface area contributed by atoms with Crippen molar-refractivity contribution in [3.63, 3.8) is 0 Å². The Morgan fingerprint density at radius 3 is 2.55 bits per heavy atom. The number of carbonyl (C=O) groups excluding carboxylic acids is 1. The van der Waals surface area contributed by atoms with Gasteiger partial charge in [0, 0.05) is 24.8 Å². The fourth-order valence-corrected chi connectivity index (χ4v) is 1.94. The van der Waals surface area contributed by atoms with Crippen molar-refractivity contribution < 1.29 is 14.7 Å². The maximum Gasteiger partial charge on any atom is 0.335 e. The number of benzene rings is 1. The summed E-state index contributed by atoms with van der Waals surface area (Å²) < 4.78 is 1.77. The highest BCUT2D eigenvalue weighted by molar-refractivity contribution is 5.95. The van der Waals surface area contributed by atoms with Crippen molar-refractivity contribution in [2.75, 3.05) is 5.32 Å². The summed E-state index contributed by atoms with van der Waals surface area (Å²) in [7, 11) is 0. The second-order valence-electron chi connectivity index (χ2n) is 4.85. The molecule has 2 aromatic rings. The van der Waals surface area contributed by atoms with Crippen LogP contribution in [0.3, 0.4) is 0 Å². The first-order valence-electron chi connectivity index (χ1n) is 6.91. The molecular weight excluding hydrogens is 284 g/mol. The molecule has 0 saturated carbocycles. The normalized spacial score (nSPS) is 11.9. The highest BCUT2D eigenvalue weighted by Crippen LogP contribution is 2.10. The van der Waals surface area contributed by atoms with E-state index in [0.29, 0.717) is 12.1 Å². The molecule has 22 heavy (non-hydrogen) atoms. The van der Waals surface area contributed by atoms with Crippen molar-refractivity contribution in [1.29, 1.82) is 0 Å². The van der Waals surface area contributed by atoms with Gasteiger partial charge in [-0.1, -0.05) is 0 Å². The number of amides is 1. The van der Waals surface area contributed by atoms with Gasteiger partial charge in [-0.25, -0.2) is 4.79 Å². The molecule has 0 aliphatic rings. The Morgan fingerprint density at radius 1 is 1.32 bits per heavy atom. The van der Waals surface area contributed by atoms with E-state index in [1.54, 1.807) is 4.68 Å². The number of aromatic nitrogens is 2. The molecular formula is C15H18N4O3. The van der Waals surface area contributed by atoms with Gasteiger partial charge in [-0.15, -0.1) is 0 Å². The number of nitrogens with zero attached hydrogens (tertiary/aromatic N) is 2. The monoisotopic (exact) mass is 302 g/mol. The largest absolute Gasteiger partial charge is 0.478 e. The number of hydrogen-bond donors (Lipinski definition) is 3. The number of carboxylic acids is 1. The van der Waals surface area contributed by atoms with Crippen LogP contribution in [0.1, 0.15) is 23.0 Å². The number of nitrogens with two attached hydrogens (primary N) is 1. The van der Waals surface area contributed by atoms with E-state index < -0.39 is 12.0 Å². The minimum Gasteiger partial charge on any atom is -0.478 e. The Morgan fingerprint density at radius 2 is 2.00 bits per heavy atom. The molecule has 0 saturated heterocycles. The number of rotatable bonds is 6. The van der Waals surface area contributed by atoms with E-state index in [2.05, 4.69) is 10.4 Å². The molecule has 0 spiro atoms. The summed E-state index contributed by atoms with van der Waals surface area (Å²) in [6.45, 7) is 2.74. The maximum absolute atomic E-state index is 12.0. The molecule has 1 aromatic heterocycles. The SMILES string of the molecule is CCn1ccc(CC(N)C(=O)Nc2ccc(C(=O)O)cc2)n1. The highest BCUT2D eigenvalue weighted by atomic mass is 16.4. The molecule has 0 radical (unpaired) electrons. The van der Waals surface area contributed by atoms with E-state index >= 15 is 0 Å². The fraction of sp³-hybridized carbons (Fsp3) is 0.267. The third-order valence-corrected chi connectivity index (χ3v) is 3.19. The molecule has 1 atom stereocenters. The van der Waals surface area contributed by atoms with Gasteiger partial charge >= 0.3 is 5.97 Å². The number of anilines is 1. The van der Waals surface area contributed by atoms with Gasteiger partial charge < -0.3 is 16.2 Å². The third kappa shape index (κ3) is 3.92. The zero-order valence-corrected chi connectivity index (χ0v) is 12.2. The molecule has 1 amide bonds. The van der Waals surface area contributed by atoms with Crippen molar-refractivity contribution in [1.82, 2.24) is 9.78 Å². The zero-order valence-electron chi connectivity index (χ0n) is 12.2. The average molecular weight is 302 g/mol. The van der Waals surface area contributed by atoms with Crippen molar-refractivity contribution in [3.8, 4) is 0 Å². The smallest absolute Gasteiger partial charge is 0.335 e. The van der Waals surface area contributed by atoms with Crippen molar-refractivity contribution in [3.05, 3.63) is 47.8 Å². The lowest BCUT2D eigenvalue weighted by Crippen LogP contribution is -2.37. The first kappa shape index (κ1) is 15.7. The van der Waals surface area contributed by atoms with Gasteiger partial charge in [0.25, 0.3) is 0 Å². The summed E-state index contributed by atoms with van der Waals surface area (Å²) in [5.74, 6) is -1.35. The van der Waals surface area contributed by atoms with E-state index in [-0.39, 0.29) is 11.5 Å². The van der Waals surface area contributed by atoms with E-state index in [1.165, 1.54) is 24.3 Å². The van der Waals surface area contributed by atoms with Crippen LogP contribution in [-0.4, -0.2) is 32.8 Å². The van der Waals surface area contributed by atoms with Crippen LogP contribution < -0.4 is 11.1 Å². The Balaban J connectivity index is 1.94. The molecule has 1 heterocycles.